The first-order valence-electron chi connectivity index (χ1n) is 6.00. The number of carbonyl (C=O) groups is 2. The van der Waals surface area contributed by atoms with Gasteiger partial charge < -0.3 is 4.74 Å². The largest absolute Gasteiger partial charge is 0.497 e. The topological polar surface area (TPSA) is 43.4 Å². The molecule has 2 aromatic carbocycles. The van der Waals surface area contributed by atoms with Crippen LogP contribution in [-0.2, 0) is 0 Å². The molecule has 0 aromatic heterocycles. The molecule has 0 aliphatic heterocycles. The van der Waals surface area contributed by atoms with Gasteiger partial charge in [0.1, 0.15) is 5.75 Å². The van der Waals surface area contributed by atoms with E-state index in [2.05, 4.69) is 0 Å². The minimum Gasteiger partial charge on any atom is -0.497 e. The van der Waals surface area contributed by atoms with Crippen LogP contribution in [0, 0.1) is 6.92 Å². The number of ether oxygens (including phenoxy) is 1. The first kappa shape index (κ1) is 11.7. The van der Waals surface area contributed by atoms with Crippen LogP contribution in [-0.4, -0.2) is 18.7 Å². The highest BCUT2D eigenvalue weighted by molar-refractivity contribution is 6.29. The standard InChI is InChI=1S/C16H12O3/c1-9-7-10(19-2)8-13-14(9)16(18)12-6-4-3-5-11(12)15(13)17/h3-8H,1-2H3. The summed E-state index contributed by atoms with van der Waals surface area (Å²) in [6.07, 6.45) is 0. The van der Waals surface area contributed by atoms with Gasteiger partial charge in [-0.05, 0) is 24.6 Å². The van der Waals surface area contributed by atoms with Crippen molar-refractivity contribution in [2.75, 3.05) is 7.11 Å². The molecule has 3 nitrogen and oxygen atoms in total. The maximum atomic E-state index is 12.5. The molecule has 0 amide bonds. The highest BCUT2D eigenvalue weighted by atomic mass is 16.5. The summed E-state index contributed by atoms with van der Waals surface area (Å²) in [5, 5.41) is 0. The van der Waals surface area contributed by atoms with Gasteiger partial charge in [0, 0.05) is 22.3 Å². The van der Waals surface area contributed by atoms with Gasteiger partial charge in [0.2, 0.25) is 0 Å². The highest BCUT2D eigenvalue weighted by Gasteiger charge is 2.31. The molecule has 0 bridgehead atoms. The second-order valence-corrected chi connectivity index (χ2v) is 4.57. The molecule has 0 N–H and O–H groups in total. The van der Waals surface area contributed by atoms with Gasteiger partial charge in [-0.2, -0.15) is 0 Å². The van der Waals surface area contributed by atoms with Gasteiger partial charge >= 0.3 is 0 Å². The smallest absolute Gasteiger partial charge is 0.194 e. The van der Waals surface area contributed by atoms with E-state index in [1.807, 2.05) is 6.92 Å². The predicted octanol–water partition coefficient (Wildman–Crippen LogP) is 2.78. The van der Waals surface area contributed by atoms with Crippen molar-refractivity contribution in [3.05, 3.63) is 64.2 Å². The summed E-state index contributed by atoms with van der Waals surface area (Å²) >= 11 is 0. The Morgan fingerprint density at radius 3 is 2.16 bits per heavy atom. The number of aryl methyl sites for hydroxylation is 1. The molecule has 0 saturated heterocycles. The van der Waals surface area contributed by atoms with E-state index in [0.29, 0.717) is 28.0 Å². The maximum absolute atomic E-state index is 12.5. The second kappa shape index (κ2) is 4.05. The van der Waals surface area contributed by atoms with Crippen molar-refractivity contribution in [1.29, 1.82) is 0 Å². The SMILES string of the molecule is COc1cc(C)c2c(c1)C(=O)c1ccccc1C2=O. The Bertz CT molecular complexity index is 714. The number of hydrogen-bond donors (Lipinski definition) is 0. The van der Waals surface area contributed by atoms with Gasteiger partial charge in [0.05, 0.1) is 7.11 Å². The Morgan fingerprint density at radius 2 is 1.53 bits per heavy atom. The first-order chi connectivity index (χ1) is 9.13. The van der Waals surface area contributed by atoms with Gasteiger partial charge in [-0.3, -0.25) is 9.59 Å². The summed E-state index contributed by atoms with van der Waals surface area (Å²) in [7, 11) is 1.55. The van der Waals surface area contributed by atoms with E-state index in [1.165, 1.54) is 0 Å². The Balaban J connectivity index is 2.33. The minimum atomic E-state index is -0.118. The average molecular weight is 252 g/mol. The number of carbonyl (C=O) groups excluding carboxylic acids is 2. The summed E-state index contributed by atoms with van der Waals surface area (Å²) in [5.74, 6) is 0.384. The Hall–Kier alpha value is -2.42. The second-order valence-electron chi connectivity index (χ2n) is 4.57. The van der Waals surface area contributed by atoms with Crippen molar-refractivity contribution in [2.45, 2.75) is 6.92 Å². The molecule has 0 radical (unpaired) electrons. The molecular formula is C16H12O3. The molecule has 1 aliphatic carbocycles. The Labute approximate surface area is 110 Å². The van der Waals surface area contributed by atoms with Crippen LogP contribution >= 0.6 is 0 Å². The van der Waals surface area contributed by atoms with E-state index in [1.54, 1.807) is 43.5 Å². The van der Waals surface area contributed by atoms with Crippen molar-refractivity contribution in [1.82, 2.24) is 0 Å². The molecular weight excluding hydrogens is 240 g/mol. The van der Waals surface area contributed by atoms with Crippen LogP contribution in [0.15, 0.2) is 36.4 Å². The summed E-state index contributed by atoms with van der Waals surface area (Å²) in [5.41, 5.74) is 2.63. The molecule has 2 aromatic rings. The molecule has 3 heteroatoms. The number of benzene rings is 2. The third-order valence-electron chi connectivity index (χ3n) is 3.43. The fourth-order valence-electron chi connectivity index (χ4n) is 2.51. The van der Waals surface area contributed by atoms with Crippen LogP contribution in [0.2, 0.25) is 0 Å². The number of rotatable bonds is 1. The van der Waals surface area contributed by atoms with E-state index in [4.69, 9.17) is 4.74 Å². The molecule has 0 spiro atoms. The Morgan fingerprint density at radius 1 is 0.895 bits per heavy atom. The molecule has 0 saturated carbocycles. The van der Waals surface area contributed by atoms with Crippen molar-refractivity contribution < 1.29 is 14.3 Å². The zero-order valence-electron chi connectivity index (χ0n) is 10.7. The third kappa shape index (κ3) is 1.58. The highest BCUT2D eigenvalue weighted by Crippen LogP contribution is 2.32. The lowest BCUT2D eigenvalue weighted by Crippen LogP contribution is -2.22. The van der Waals surface area contributed by atoms with Crippen LogP contribution < -0.4 is 4.74 Å². The number of methoxy groups -OCH3 is 1. The van der Waals surface area contributed by atoms with Gasteiger partial charge in [0.15, 0.2) is 11.6 Å². The van der Waals surface area contributed by atoms with Gasteiger partial charge in [0.25, 0.3) is 0 Å². The number of fused-ring (bicyclic) bond motifs is 2. The molecule has 0 unspecified atom stereocenters. The quantitative estimate of drug-likeness (QED) is 0.669. The maximum Gasteiger partial charge on any atom is 0.194 e. The predicted molar refractivity (Wildman–Crippen MR) is 71.0 cm³/mol. The number of hydrogen-bond acceptors (Lipinski definition) is 3. The summed E-state index contributed by atoms with van der Waals surface area (Å²) in [6, 6.07) is 10.3. The van der Waals surface area contributed by atoms with Crippen LogP contribution in [0.3, 0.4) is 0 Å². The van der Waals surface area contributed by atoms with Crippen molar-refractivity contribution >= 4 is 11.6 Å². The fourth-order valence-corrected chi connectivity index (χ4v) is 2.51. The summed E-state index contributed by atoms with van der Waals surface area (Å²) in [6.45, 7) is 1.82. The zero-order chi connectivity index (χ0) is 13.6. The van der Waals surface area contributed by atoms with E-state index in [9.17, 15) is 9.59 Å². The van der Waals surface area contributed by atoms with Gasteiger partial charge in [-0.15, -0.1) is 0 Å². The first-order valence-corrected chi connectivity index (χ1v) is 6.00. The third-order valence-corrected chi connectivity index (χ3v) is 3.43. The average Bonchev–Trinajstić information content (AvgIpc) is 2.44. The molecule has 0 atom stereocenters. The van der Waals surface area contributed by atoms with E-state index >= 15 is 0 Å². The lowest BCUT2D eigenvalue weighted by molar-refractivity contribution is 0.0978. The van der Waals surface area contributed by atoms with Crippen LogP contribution in [0.25, 0.3) is 0 Å². The van der Waals surface area contributed by atoms with Gasteiger partial charge in [-0.1, -0.05) is 24.3 Å². The molecule has 1 aliphatic rings. The van der Waals surface area contributed by atoms with E-state index in [0.717, 1.165) is 5.56 Å². The molecule has 3 rings (SSSR count). The lowest BCUT2D eigenvalue weighted by Gasteiger charge is -2.19. The Kier molecular flexibility index (Phi) is 2.49. The molecule has 94 valence electrons. The van der Waals surface area contributed by atoms with Crippen molar-refractivity contribution in [3.63, 3.8) is 0 Å². The number of ketones is 2. The van der Waals surface area contributed by atoms with E-state index in [-0.39, 0.29) is 11.6 Å². The summed E-state index contributed by atoms with van der Waals surface area (Å²) in [4.78, 5) is 24.9. The van der Waals surface area contributed by atoms with Crippen molar-refractivity contribution in [2.24, 2.45) is 0 Å². The fraction of sp³-hybridized carbons (Fsp3) is 0.125. The molecule has 0 heterocycles. The minimum absolute atomic E-state index is 0.0923. The van der Waals surface area contributed by atoms with Crippen molar-refractivity contribution in [3.8, 4) is 5.75 Å². The van der Waals surface area contributed by atoms with Gasteiger partial charge in [-0.25, -0.2) is 0 Å². The molecule has 19 heavy (non-hydrogen) atoms. The van der Waals surface area contributed by atoms with Crippen LogP contribution in [0.1, 0.15) is 37.4 Å². The normalized spacial score (nSPS) is 12.9. The van der Waals surface area contributed by atoms with Crippen LogP contribution in [0.4, 0.5) is 0 Å². The van der Waals surface area contributed by atoms with Crippen LogP contribution in [0.5, 0.6) is 5.75 Å². The zero-order valence-corrected chi connectivity index (χ0v) is 10.7. The summed E-state index contributed by atoms with van der Waals surface area (Å²) < 4.78 is 5.17. The lowest BCUT2D eigenvalue weighted by atomic mass is 9.82. The monoisotopic (exact) mass is 252 g/mol. The molecule has 0 fully saturated rings. The van der Waals surface area contributed by atoms with E-state index < -0.39 is 0 Å².